The molecule has 6 aromatic heterocycles. The lowest BCUT2D eigenvalue weighted by atomic mass is 10.0. The summed E-state index contributed by atoms with van der Waals surface area (Å²) in [5.41, 5.74) is 7.51. The average Bonchev–Trinajstić information content (AvgIpc) is 4.09. The van der Waals surface area contributed by atoms with E-state index in [1.807, 2.05) is 93.4 Å². The van der Waals surface area contributed by atoms with Gasteiger partial charge in [-0.15, -0.1) is 0 Å². The van der Waals surface area contributed by atoms with Crippen molar-refractivity contribution < 1.29 is 4.42 Å². The van der Waals surface area contributed by atoms with E-state index in [9.17, 15) is 0 Å². The zero-order valence-electron chi connectivity index (χ0n) is 41.7. The molecule has 0 radical (unpaired) electrons. The summed E-state index contributed by atoms with van der Waals surface area (Å²) >= 11 is 0. The minimum Gasteiger partial charge on any atom is -0.449 e. The van der Waals surface area contributed by atoms with Gasteiger partial charge in [0.1, 0.15) is 12.1 Å². The lowest BCUT2D eigenvalue weighted by Gasteiger charge is -2.05. The maximum atomic E-state index is 4.98. The fraction of sp³-hybridized carbons (Fsp3) is 0.393. The lowest BCUT2D eigenvalue weighted by molar-refractivity contribution is 0.471. The molecule has 1 aromatic carbocycles. The van der Waals surface area contributed by atoms with E-state index in [0.717, 1.165) is 29.5 Å². The van der Waals surface area contributed by atoms with Crippen LogP contribution in [0.25, 0.3) is 10.9 Å². The number of rotatable bonds is 7. The molecule has 7 aromatic rings. The number of nitrogens with zero attached hydrogens (tertiary/aromatic N) is 8. The van der Waals surface area contributed by atoms with Crippen molar-refractivity contribution in [3.63, 3.8) is 0 Å². The van der Waals surface area contributed by atoms with E-state index in [4.69, 9.17) is 4.42 Å². The van der Waals surface area contributed by atoms with Crippen LogP contribution in [0.5, 0.6) is 0 Å². The van der Waals surface area contributed by atoms with Gasteiger partial charge in [0.15, 0.2) is 5.89 Å². The fourth-order valence-corrected chi connectivity index (χ4v) is 5.52. The molecule has 0 aliphatic carbocycles. The molecule has 7 heterocycles. The summed E-state index contributed by atoms with van der Waals surface area (Å²) in [5.74, 6) is 5.52. The standard InChI is InChI=1S/C12H13N.3C8H11N.C7H10N2.C7H11N.C6H9NO/c1-9(2)10-5-6-12-11(8-10)4-3-7-13-12;1-7(2)8-3-5-9-6-4-8;1-7(2)8-4-3-5-9-6-8;1-7(2)8-5-3-4-6-9-8;1-6(2)7-8-4-3-5-9-7;1-6(2)7-4-3-5-8-7;1-5(2)6-7-3-4-8-6/h3-9H,1-2H3;3*3-7H,1-2H3;3-6H,1-2H3;3-4,6H,5H2,1-2H3;3-5H,1-2H3. The van der Waals surface area contributed by atoms with Crippen LogP contribution in [0.3, 0.4) is 0 Å². The summed E-state index contributed by atoms with van der Waals surface area (Å²) in [7, 11) is 0. The first-order valence-electron chi connectivity index (χ1n) is 23.0. The zero-order valence-corrected chi connectivity index (χ0v) is 41.7. The second kappa shape index (κ2) is 31.6. The van der Waals surface area contributed by atoms with Gasteiger partial charge in [0.2, 0.25) is 0 Å². The van der Waals surface area contributed by atoms with Crippen molar-refractivity contribution >= 4 is 16.6 Å². The Morgan fingerprint density at radius 1 is 0.446 bits per heavy atom. The first-order valence-corrected chi connectivity index (χ1v) is 23.0. The number of fused-ring (bicyclic) bond motifs is 1. The van der Waals surface area contributed by atoms with Gasteiger partial charge in [-0.05, 0) is 107 Å². The van der Waals surface area contributed by atoms with Gasteiger partial charge < -0.3 is 4.42 Å². The molecule has 346 valence electrons. The molecule has 0 bridgehead atoms. The van der Waals surface area contributed by atoms with Crippen LogP contribution in [-0.2, 0) is 0 Å². The van der Waals surface area contributed by atoms with E-state index in [2.05, 4.69) is 165 Å². The van der Waals surface area contributed by atoms with Gasteiger partial charge in [0, 0.05) is 78.2 Å². The van der Waals surface area contributed by atoms with Crippen LogP contribution >= 0.6 is 0 Å². The summed E-state index contributed by atoms with van der Waals surface area (Å²) in [6.07, 6.45) is 22.0. The third-order valence-electron chi connectivity index (χ3n) is 9.60. The summed E-state index contributed by atoms with van der Waals surface area (Å²) in [5, 5.41) is 1.23. The van der Waals surface area contributed by atoms with Gasteiger partial charge in [-0.2, -0.15) is 0 Å². The quantitative estimate of drug-likeness (QED) is 0.155. The van der Waals surface area contributed by atoms with Gasteiger partial charge in [0.25, 0.3) is 0 Å². The third-order valence-corrected chi connectivity index (χ3v) is 9.60. The second-order valence-corrected chi connectivity index (χ2v) is 17.5. The van der Waals surface area contributed by atoms with Crippen LogP contribution in [0.4, 0.5) is 0 Å². The molecule has 9 nitrogen and oxygen atoms in total. The van der Waals surface area contributed by atoms with Crippen molar-refractivity contribution in [1.29, 1.82) is 0 Å². The van der Waals surface area contributed by atoms with E-state index < -0.39 is 0 Å². The van der Waals surface area contributed by atoms with Crippen LogP contribution in [0.1, 0.15) is 167 Å². The number of benzene rings is 1. The predicted octanol–water partition coefficient (Wildman–Crippen LogP) is 15.0. The summed E-state index contributed by atoms with van der Waals surface area (Å²) < 4.78 is 4.98. The van der Waals surface area contributed by atoms with Gasteiger partial charge in [0.05, 0.1) is 18.3 Å². The number of hydrogen-bond donors (Lipinski definition) is 0. The smallest absolute Gasteiger partial charge is 0.196 e. The number of aromatic nitrogens is 7. The Morgan fingerprint density at radius 3 is 1.49 bits per heavy atom. The molecule has 0 saturated carbocycles. The third kappa shape index (κ3) is 23.3. The molecule has 0 unspecified atom stereocenters. The van der Waals surface area contributed by atoms with Gasteiger partial charge in [-0.25, -0.2) is 15.0 Å². The molecule has 0 amide bonds. The van der Waals surface area contributed by atoms with Crippen LogP contribution in [0, 0.1) is 5.92 Å². The molecule has 0 fully saturated rings. The average molecular weight is 877 g/mol. The molecule has 0 N–H and O–H groups in total. The monoisotopic (exact) mass is 877 g/mol. The number of aliphatic imine (C=N–C) groups is 1. The highest BCUT2D eigenvalue weighted by atomic mass is 16.3. The molecule has 0 atom stereocenters. The molecule has 1 aliphatic rings. The minimum absolute atomic E-state index is 0.407. The Kier molecular flexibility index (Phi) is 26.7. The van der Waals surface area contributed by atoms with Crippen molar-refractivity contribution in [3.8, 4) is 0 Å². The second-order valence-electron chi connectivity index (χ2n) is 17.5. The SMILES string of the molecule is CC(C)C1=NCC=C1.CC(C)c1ccc2ncccc2c1.CC(C)c1ccccn1.CC(C)c1cccnc1.CC(C)c1ccncc1.CC(C)c1ncccn1.CC(C)c1ncco1. The Hall–Kier alpha value is -6.22. The van der Waals surface area contributed by atoms with Crippen molar-refractivity contribution in [2.75, 3.05) is 6.54 Å². The van der Waals surface area contributed by atoms with Crippen molar-refractivity contribution in [2.45, 2.75) is 132 Å². The Balaban J connectivity index is 0.000000262. The van der Waals surface area contributed by atoms with Gasteiger partial charge in [-0.1, -0.05) is 127 Å². The Morgan fingerprint density at radius 2 is 1.09 bits per heavy atom. The maximum Gasteiger partial charge on any atom is 0.196 e. The predicted molar refractivity (Wildman–Crippen MR) is 274 cm³/mol. The normalized spacial score (nSPS) is 11.2. The molecular weight excluding hydrogens is 801 g/mol. The van der Waals surface area contributed by atoms with Gasteiger partial charge in [-0.3, -0.25) is 24.9 Å². The van der Waals surface area contributed by atoms with Crippen LogP contribution in [0.2, 0.25) is 0 Å². The Bertz CT molecular complexity index is 2100. The van der Waals surface area contributed by atoms with E-state index in [1.165, 1.54) is 27.8 Å². The first-order chi connectivity index (χ1) is 31.1. The number of pyridine rings is 4. The summed E-state index contributed by atoms with van der Waals surface area (Å²) in [4.78, 5) is 32.7. The number of allylic oxidation sites excluding steroid dienone is 1. The highest BCUT2D eigenvalue weighted by Crippen LogP contribution is 2.19. The van der Waals surface area contributed by atoms with Crippen molar-refractivity contribution in [3.05, 3.63) is 187 Å². The van der Waals surface area contributed by atoms with Crippen LogP contribution in [0.15, 0.2) is 162 Å². The number of hydrogen-bond acceptors (Lipinski definition) is 9. The van der Waals surface area contributed by atoms with E-state index in [1.54, 1.807) is 31.1 Å². The highest BCUT2D eigenvalue weighted by Gasteiger charge is 2.03. The lowest BCUT2D eigenvalue weighted by Crippen LogP contribution is -2.00. The maximum absolute atomic E-state index is 4.98. The van der Waals surface area contributed by atoms with Crippen LogP contribution < -0.4 is 0 Å². The molecule has 9 heteroatoms. The van der Waals surface area contributed by atoms with E-state index in [0.29, 0.717) is 41.4 Å². The molecule has 65 heavy (non-hydrogen) atoms. The zero-order chi connectivity index (χ0) is 48.0. The molecule has 0 saturated heterocycles. The molecule has 0 spiro atoms. The van der Waals surface area contributed by atoms with E-state index >= 15 is 0 Å². The molecule has 1 aliphatic heterocycles. The van der Waals surface area contributed by atoms with Crippen LogP contribution in [-0.4, -0.2) is 47.1 Å². The minimum atomic E-state index is 0.407. The van der Waals surface area contributed by atoms with Crippen molar-refractivity contribution in [1.82, 2.24) is 34.9 Å². The topological polar surface area (TPSA) is 116 Å². The summed E-state index contributed by atoms with van der Waals surface area (Å²) in [6.45, 7) is 30.8. The highest BCUT2D eigenvalue weighted by molar-refractivity contribution is 5.97. The van der Waals surface area contributed by atoms with Gasteiger partial charge >= 0.3 is 0 Å². The fourth-order valence-electron chi connectivity index (χ4n) is 5.52. The molecular formula is C56H76N8O. The molecule has 8 rings (SSSR count). The van der Waals surface area contributed by atoms with Crippen molar-refractivity contribution in [2.24, 2.45) is 10.9 Å². The summed E-state index contributed by atoms with van der Waals surface area (Å²) in [6, 6.07) is 26.5. The first kappa shape index (κ1) is 54.9. The number of oxazole rings is 1. The Labute approximate surface area is 391 Å². The van der Waals surface area contributed by atoms with E-state index in [-0.39, 0.29) is 0 Å². The largest absolute Gasteiger partial charge is 0.449 e.